The fourth-order valence-corrected chi connectivity index (χ4v) is 2.89. The lowest BCUT2D eigenvalue weighted by molar-refractivity contribution is 0.277. The van der Waals surface area contributed by atoms with E-state index in [9.17, 15) is 8.42 Å². The van der Waals surface area contributed by atoms with E-state index in [0.29, 0.717) is 17.1 Å². The van der Waals surface area contributed by atoms with Gasteiger partial charge in [-0.15, -0.1) is 0 Å². The van der Waals surface area contributed by atoms with Gasteiger partial charge in [-0.25, -0.2) is 8.42 Å². The Morgan fingerprint density at radius 2 is 2.10 bits per heavy atom. The number of hydrogen-bond acceptors (Lipinski definition) is 4. The Morgan fingerprint density at radius 3 is 2.65 bits per heavy atom. The molecule has 0 amide bonds. The number of benzene rings is 1. The molecule has 6 nitrogen and oxygen atoms in total. The lowest BCUT2D eigenvalue weighted by atomic mass is 10.2. The number of rotatable bonds is 5. The summed E-state index contributed by atoms with van der Waals surface area (Å²) in [5.41, 5.74) is 1.68. The van der Waals surface area contributed by atoms with E-state index in [1.807, 2.05) is 0 Å². The molecule has 0 saturated carbocycles. The minimum Gasteiger partial charge on any atom is -0.497 e. The Labute approximate surface area is 117 Å². The van der Waals surface area contributed by atoms with Crippen LogP contribution >= 0.6 is 0 Å². The molecular weight excluding hydrogens is 280 g/mol. The van der Waals surface area contributed by atoms with Crippen molar-refractivity contribution in [2.24, 2.45) is 0 Å². The van der Waals surface area contributed by atoms with Gasteiger partial charge in [0.05, 0.1) is 19.4 Å². The molecule has 108 valence electrons. The second kappa shape index (κ2) is 5.56. The number of methoxy groups -OCH3 is 1. The SMILES string of the molecule is COc1ccc(NS(=O)(=O)c2c[nH]c(CO)c2)c(C)c1. The van der Waals surface area contributed by atoms with E-state index in [1.54, 1.807) is 32.2 Å². The second-order valence-electron chi connectivity index (χ2n) is 4.31. The first kappa shape index (κ1) is 14.4. The van der Waals surface area contributed by atoms with Gasteiger partial charge >= 0.3 is 0 Å². The van der Waals surface area contributed by atoms with Crippen LogP contribution < -0.4 is 9.46 Å². The highest BCUT2D eigenvalue weighted by Crippen LogP contribution is 2.24. The van der Waals surface area contributed by atoms with Gasteiger partial charge in [-0.3, -0.25) is 4.72 Å². The molecule has 0 aliphatic rings. The third-order valence-corrected chi connectivity index (χ3v) is 4.22. The van der Waals surface area contributed by atoms with Crippen LogP contribution in [0.1, 0.15) is 11.3 Å². The fraction of sp³-hybridized carbons (Fsp3) is 0.231. The average Bonchev–Trinajstić information content (AvgIpc) is 2.90. The molecule has 2 aromatic rings. The van der Waals surface area contributed by atoms with Crippen molar-refractivity contribution in [2.75, 3.05) is 11.8 Å². The number of nitrogens with one attached hydrogen (secondary N) is 2. The van der Waals surface area contributed by atoms with Crippen molar-refractivity contribution in [2.45, 2.75) is 18.4 Å². The lowest BCUT2D eigenvalue weighted by Gasteiger charge is -2.10. The number of aromatic nitrogens is 1. The fourth-order valence-electron chi connectivity index (χ4n) is 1.75. The predicted octanol–water partition coefficient (Wildman–Crippen LogP) is 1.62. The predicted molar refractivity (Wildman–Crippen MR) is 75.3 cm³/mol. The van der Waals surface area contributed by atoms with Crippen LogP contribution in [0.2, 0.25) is 0 Å². The number of aromatic amines is 1. The quantitative estimate of drug-likeness (QED) is 0.782. The number of aliphatic hydroxyl groups excluding tert-OH is 1. The third kappa shape index (κ3) is 2.94. The number of hydrogen-bond donors (Lipinski definition) is 3. The van der Waals surface area contributed by atoms with Crippen molar-refractivity contribution >= 4 is 15.7 Å². The van der Waals surface area contributed by atoms with Crippen LogP contribution in [0.3, 0.4) is 0 Å². The van der Waals surface area contributed by atoms with Gasteiger partial charge in [-0.2, -0.15) is 0 Å². The number of aryl methyl sites for hydroxylation is 1. The van der Waals surface area contributed by atoms with Crippen LogP contribution in [0.25, 0.3) is 0 Å². The lowest BCUT2D eigenvalue weighted by Crippen LogP contribution is -2.13. The first-order valence-electron chi connectivity index (χ1n) is 5.92. The number of sulfonamides is 1. The maximum Gasteiger partial charge on any atom is 0.263 e. The highest BCUT2D eigenvalue weighted by atomic mass is 32.2. The van der Waals surface area contributed by atoms with Crippen molar-refractivity contribution in [1.29, 1.82) is 0 Å². The van der Waals surface area contributed by atoms with Crippen molar-refractivity contribution < 1.29 is 18.3 Å². The average molecular weight is 296 g/mol. The monoisotopic (exact) mass is 296 g/mol. The molecule has 1 heterocycles. The van der Waals surface area contributed by atoms with Gasteiger partial charge in [-0.1, -0.05) is 0 Å². The van der Waals surface area contributed by atoms with E-state index in [4.69, 9.17) is 9.84 Å². The summed E-state index contributed by atoms with van der Waals surface area (Å²) in [5.74, 6) is 0.662. The Morgan fingerprint density at radius 1 is 1.35 bits per heavy atom. The normalized spacial score (nSPS) is 11.3. The summed E-state index contributed by atoms with van der Waals surface area (Å²) in [6.45, 7) is 1.55. The smallest absolute Gasteiger partial charge is 0.263 e. The third-order valence-electron chi connectivity index (χ3n) is 2.87. The molecule has 0 aliphatic carbocycles. The summed E-state index contributed by atoms with van der Waals surface area (Å²) in [7, 11) is -2.13. The van der Waals surface area contributed by atoms with E-state index >= 15 is 0 Å². The Balaban J connectivity index is 2.28. The second-order valence-corrected chi connectivity index (χ2v) is 5.99. The summed E-state index contributed by atoms with van der Waals surface area (Å²) >= 11 is 0. The van der Waals surface area contributed by atoms with E-state index in [2.05, 4.69) is 9.71 Å². The van der Waals surface area contributed by atoms with E-state index in [0.717, 1.165) is 5.56 Å². The minimum atomic E-state index is -3.68. The molecule has 0 fully saturated rings. The standard InChI is InChI=1S/C13H16N2O4S/c1-9-5-11(19-2)3-4-13(9)15-20(17,18)12-6-10(8-16)14-7-12/h3-7,14-16H,8H2,1-2H3. The van der Waals surface area contributed by atoms with E-state index in [1.165, 1.54) is 12.3 Å². The number of H-pyrrole nitrogens is 1. The Bertz CT molecular complexity index is 707. The largest absolute Gasteiger partial charge is 0.497 e. The maximum absolute atomic E-state index is 12.2. The zero-order valence-corrected chi connectivity index (χ0v) is 12.0. The van der Waals surface area contributed by atoms with Gasteiger partial charge in [0.15, 0.2) is 0 Å². The van der Waals surface area contributed by atoms with Gasteiger partial charge in [0.1, 0.15) is 10.6 Å². The highest BCUT2D eigenvalue weighted by Gasteiger charge is 2.17. The zero-order chi connectivity index (χ0) is 14.8. The topological polar surface area (TPSA) is 91.4 Å². The van der Waals surface area contributed by atoms with Crippen LogP contribution in [0, 0.1) is 6.92 Å². The van der Waals surface area contributed by atoms with Crippen LogP contribution in [-0.2, 0) is 16.6 Å². The highest BCUT2D eigenvalue weighted by molar-refractivity contribution is 7.92. The Kier molecular flexibility index (Phi) is 4.01. The molecule has 0 spiro atoms. The molecule has 1 aromatic carbocycles. The molecule has 7 heteroatoms. The molecule has 0 aliphatic heterocycles. The number of anilines is 1. The summed E-state index contributed by atoms with van der Waals surface area (Å²) in [6, 6.07) is 6.46. The first-order valence-corrected chi connectivity index (χ1v) is 7.40. The molecule has 2 rings (SSSR count). The molecule has 0 bridgehead atoms. The summed E-state index contributed by atoms with van der Waals surface area (Å²) in [5, 5.41) is 8.95. The van der Waals surface area contributed by atoms with Crippen molar-refractivity contribution in [1.82, 2.24) is 4.98 Å². The van der Waals surface area contributed by atoms with Crippen LogP contribution in [0.4, 0.5) is 5.69 Å². The summed E-state index contributed by atoms with van der Waals surface area (Å²) in [6.07, 6.45) is 1.34. The number of aliphatic hydroxyl groups is 1. The molecule has 3 N–H and O–H groups in total. The van der Waals surface area contributed by atoms with Gasteiger partial charge in [0.25, 0.3) is 10.0 Å². The van der Waals surface area contributed by atoms with E-state index in [-0.39, 0.29) is 11.5 Å². The summed E-state index contributed by atoms with van der Waals surface area (Å²) < 4.78 is 32.0. The van der Waals surface area contributed by atoms with Crippen molar-refractivity contribution in [3.05, 3.63) is 41.7 Å². The molecule has 1 aromatic heterocycles. The number of ether oxygens (including phenoxy) is 1. The molecule has 0 atom stereocenters. The van der Waals surface area contributed by atoms with E-state index < -0.39 is 10.0 Å². The Hall–Kier alpha value is -1.99. The van der Waals surface area contributed by atoms with Crippen LogP contribution in [0.15, 0.2) is 35.4 Å². The van der Waals surface area contributed by atoms with Gasteiger partial charge in [0, 0.05) is 11.9 Å². The minimum absolute atomic E-state index is 0.0803. The van der Waals surface area contributed by atoms with Gasteiger partial charge in [0.2, 0.25) is 0 Å². The van der Waals surface area contributed by atoms with Crippen LogP contribution in [-0.4, -0.2) is 25.6 Å². The molecular formula is C13H16N2O4S. The van der Waals surface area contributed by atoms with Crippen molar-refractivity contribution in [3.8, 4) is 5.75 Å². The first-order chi connectivity index (χ1) is 9.46. The summed E-state index contributed by atoms with van der Waals surface area (Å²) in [4.78, 5) is 2.77. The molecule has 0 unspecified atom stereocenters. The van der Waals surface area contributed by atoms with Gasteiger partial charge < -0.3 is 14.8 Å². The molecule has 0 radical (unpaired) electrons. The van der Waals surface area contributed by atoms with Crippen molar-refractivity contribution in [3.63, 3.8) is 0 Å². The zero-order valence-electron chi connectivity index (χ0n) is 11.2. The maximum atomic E-state index is 12.2. The van der Waals surface area contributed by atoms with Gasteiger partial charge in [-0.05, 0) is 36.8 Å². The van der Waals surface area contributed by atoms with Crippen LogP contribution in [0.5, 0.6) is 5.75 Å². The molecule has 20 heavy (non-hydrogen) atoms. The molecule has 0 saturated heterocycles.